The number of aryl methyl sites for hydroxylation is 1. The molecule has 1 aliphatic rings. The number of fused-ring (bicyclic) bond motifs is 1. The van der Waals surface area contributed by atoms with Gasteiger partial charge in [0.1, 0.15) is 11.6 Å². The number of rotatable bonds is 4. The predicted octanol–water partition coefficient (Wildman–Crippen LogP) is 1.35. The SMILES string of the molecule is Cn1nc(CCOc2ccc3c(c2)OCO3)cc1N. The number of benzene rings is 1. The van der Waals surface area contributed by atoms with E-state index in [1.165, 1.54) is 0 Å². The summed E-state index contributed by atoms with van der Waals surface area (Å²) in [5.41, 5.74) is 6.63. The molecule has 0 fully saturated rings. The molecule has 0 atom stereocenters. The smallest absolute Gasteiger partial charge is 0.231 e. The third-order valence-electron chi connectivity index (χ3n) is 2.94. The summed E-state index contributed by atoms with van der Waals surface area (Å²) in [7, 11) is 1.82. The highest BCUT2D eigenvalue weighted by Crippen LogP contribution is 2.35. The van der Waals surface area contributed by atoms with Crippen molar-refractivity contribution >= 4 is 5.82 Å². The molecule has 6 nitrogen and oxygen atoms in total. The number of ether oxygens (including phenoxy) is 3. The van der Waals surface area contributed by atoms with Gasteiger partial charge in [-0.25, -0.2) is 0 Å². The monoisotopic (exact) mass is 261 g/mol. The van der Waals surface area contributed by atoms with Gasteiger partial charge in [-0.2, -0.15) is 5.10 Å². The van der Waals surface area contributed by atoms with E-state index >= 15 is 0 Å². The highest BCUT2D eigenvalue weighted by Gasteiger charge is 2.13. The van der Waals surface area contributed by atoms with Gasteiger partial charge in [0, 0.05) is 25.6 Å². The maximum atomic E-state index is 5.71. The molecule has 0 radical (unpaired) electrons. The van der Waals surface area contributed by atoms with E-state index in [0.717, 1.165) is 22.9 Å². The molecule has 0 amide bonds. The van der Waals surface area contributed by atoms with E-state index in [4.69, 9.17) is 19.9 Å². The number of nitrogens with zero attached hydrogens (tertiary/aromatic N) is 2. The lowest BCUT2D eigenvalue weighted by Gasteiger charge is -2.05. The molecule has 19 heavy (non-hydrogen) atoms. The van der Waals surface area contributed by atoms with Gasteiger partial charge in [-0.1, -0.05) is 0 Å². The summed E-state index contributed by atoms with van der Waals surface area (Å²) < 4.78 is 17.8. The summed E-state index contributed by atoms with van der Waals surface area (Å²) in [6, 6.07) is 7.38. The molecule has 100 valence electrons. The van der Waals surface area contributed by atoms with Gasteiger partial charge in [0.05, 0.1) is 12.3 Å². The zero-order chi connectivity index (χ0) is 13.2. The molecule has 0 unspecified atom stereocenters. The Morgan fingerprint density at radius 1 is 1.32 bits per heavy atom. The predicted molar refractivity (Wildman–Crippen MR) is 69.4 cm³/mol. The van der Waals surface area contributed by atoms with Crippen LogP contribution in [0.1, 0.15) is 5.69 Å². The first-order chi connectivity index (χ1) is 9.22. The molecule has 0 aliphatic carbocycles. The third-order valence-corrected chi connectivity index (χ3v) is 2.94. The second-order valence-electron chi connectivity index (χ2n) is 4.30. The molecule has 2 heterocycles. The van der Waals surface area contributed by atoms with Crippen LogP contribution in [0.3, 0.4) is 0 Å². The Balaban J connectivity index is 1.57. The molecule has 1 aliphatic heterocycles. The molecule has 3 rings (SSSR count). The standard InChI is InChI=1S/C13H15N3O3/c1-16-13(14)6-9(15-16)4-5-17-10-2-3-11-12(7-10)19-8-18-11/h2-3,6-7H,4-5,8,14H2,1H3. The second-order valence-corrected chi connectivity index (χ2v) is 4.30. The Kier molecular flexibility index (Phi) is 2.91. The molecule has 2 aromatic rings. The minimum atomic E-state index is 0.270. The molecule has 0 saturated heterocycles. The molecule has 0 bridgehead atoms. The highest BCUT2D eigenvalue weighted by atomic mass is 16.7. The van der Waals surface area contributed by atoms with E-state index in [1.54, 1.807) is 4.68 Å². The molecule has 6 heteroatoms. The second kappa shape index (κ2) is 4.72. The largest absolute Gasteiger partial charge is 0.493 e. The van der Waals surface area contributed by atoms with Crippen LogP contribution in [-0.2, 0) is 13.5 Å². The molecular formula is C13H15N3O3. The molecule has 0 saturated carbocycles. The van der Waals surface area contributed by atoms with Gasteiger partial charge in [0.2, 0.25) is 6.79 Å². The zero-order valence-electron chi connectivity index (χ0n) is 10.6. The van der Waals surface area contributed by atoms with Crippen molar-refractivity contribution in [3.8, 4) is 17.2 Å². The fraction of sp³-hybridized carbons (Fsp3) is 0.308. The van der Waals surface area contributed by atoms with Crippen molar-refractivity contribution in [1.82, 2.24) is 9.78 Å². The maximum Gasteiger partial charge on any atom is 0.231 e. The van der Waals surface area contributed by atoms with Crippen molar-refractivity contribution in [3.05, 3.63) is 30.0 Å². The zero-order valence-corrected chi connectivity index (χ0v) is 10.6. The number of anilines is 1. The van der Waals surface area contributed by atoms with E-state index in [2.05, 4.69) is 5.10 Å². The minimum absolute atomic E-state index is 0.270. The fourth-order valence-electron chi connectivity index (χ4n) is 1.91. The van der Waals surface area contributed by atoms with Gasteiger partial charge in [-0.3, -0.25) is 4.68 Å². The van der Waals surface area contributed by atoms with Crippen molar-refractivity contribution in [1.29, 1.82) is 0 Å². The van der Waals surface area contributed by atoms with Crippen molar-refractivity contribution in [2.75, 3.05) is 19.1 Å². The summed E-state index contributed by atoms with van der Waals surface area (Å²) in [5.74, 6) is 2.88. The van der Waals surface area contributed by atoms with Crippen molar-refractivity contribution in [2.45, 2.75) is 6.42 Å². The quantitative estimate of drug-likeness (QED) is 0.899. The normalized spacial score (nSPS) is 12.7. The van der Waals surface area contributed by atoms with Crippen LogP contribution in [0.4, 0.5) is 5.82 Å². The van der Waals surface area contributed by atoms with Gasteiger partial charge < -0.3 is 19.9 Å². The molecule has 1 aromatic heterocycles. The summed E-state index contributed by atoms with van der Waals surface area (Å²) >= 11 is 0. The number of aromatic nitrogens is 2. The Morgan fingerprint density at radius 3 is 2.95 bits per heavy atom. The topological polar surface area (TPSA) is 71.5 Å². The summed E-state index contributed by atoms with van der Waals surface area (Å²) in [6.07, 6.45) is 0.708. The van der Waals surface area contributed by atoms with Gasteiger partial charge in [0.25, 0.3) is 0 Å². The molecule has 0 spiro atoms. The Bertz CT molecular complexity index is 575. The van der Waals surface area contributed by atoms with Crippen LogP contribution in [0, 0.1) is 0 Å². The third kappa shape index (κ3) is 2.42. The number of nitrogens with two attached hydrogens (primary N) is 1. The van der Waals surface area contributed by atoms with E-state index < -0.39 is 0 Å². The van der Waals surface area contributed by atoms with Gasteiger partial charge in [-0.15, -0.1) is 0 Å². The van der Waals surface area contributed by atoms with Crippen LogP contribution in [0.15, 0.2) is 24.3 Å². The van der Waals surface area contributed by atoms with Gasteiger partial charge in [0.15, 0.2) is 11.5 Å². The van der Waals surface area contributed by atoms with E-state index in [1.807, 2.05) is 31.3 Å². The number of hydrogen-bond acceptors (Lipinski definition) is 5. The highest BCUT2D eigenvalue weighted by molar-refractivity contribution is 5.46. The Hall–Kier alpha value is -2.37. The first kappa shape index (κ1) is 11.7. The number of hydrogen-bond donors (Lipinski definition) is 1. The lowest BCUT2D eigenvalue weighted by molar-refractivity contribution is 0.173. The Labute approximate surface area is 110 Å². The van der Waals surface area contributed by atoms with Crippen LogP contribution in [-0.4, -0.2) is 23.2 Å². The van der Waals surface area contributed by atoms with Gasteiger partial charge in [-0.05, 0) is 12.1 Å². The summed E-state index contributed by atoms with van der Waals surface area (Å²) in [5, 5.41) is 4.27. The maximum absolute atomic E-state index is 5.71. The van der Waals surface area contributed by atoms with Crippen LogP contribution < -0.4 is 19.9 Å². The molecule has 2 N–H and O–H groups in total. The van der Waals surface area contributed by atoms with Crippen LogP contribution in [0.25, 0.3) is 0 Å². The average Bonchev–Trinajstić information content (AvgIpc) is 2.96. The van der Waals surface area contributed by atoms with Crippen LogP contribution in [0.2, 0.25) is 0 Å². The first-order valence-electron chi connectivity index (χ1n) is 6.03. The minimum Gasteiger partial charge on any atom is -0.493 e. The lowest BCUT2D eigenvalue weighted by atomic mass is 10.3. The summed E-state index contributed by atoms with van der Waals surface area (Å²) in [6.45, 7) is 0.808. The Morgan fingerprint density at radius 2 is 2.16 bits per heavy atom. The van der Waals surface area contributed by atoms with E-state index in [0.29, 0.717) is 18.8 Å². The fourth-order valence-corrected chi connectivity index (χ4v) is 1.91. The lowest BCUT2D eigenvalue weighted by Crippen LogP contribution is -2.02. The van der Waals surface area contributed by atoms with Crippen molar-refractivity contribution in [2.24, 2.45) is 7.05 Å². The average molecular weight is 261 g/mol. The van der Waals surface area contributed by atoms with E-state index in [9.17, 15) is 0 Å². The summed E-state index contributed by atoms with van der Waals surface area (Å²) in [4.78, 5) is 0. The van der Waals surface area contributed by atoms with Crippen LogP contribution in [0.5, 0.6) is 17.2 Å². The van der Waals surface area contributed by atoms with Gasteiger partial charge >= 0.3 is 0 Å². The molecular weight excluding hydrogens is 246 g/mol. The van der Waals surface area contributed by atoms with Crippen molar-refractivity contribution in [3.63, 3.8) is 0 Å². The van der Waals surface area contributed by atoms with Crippen molar-refractivity contribution < 1.29 is 14.2 Å². The first-order valence-corrected chi connectivity index (χ1v) is 6.03. The number of nitrogen functional groups attached to an aromatic ring is 1. The van der Waals surface area contributed by atoms with Crippen LogP contribution >= 0.6 is 0 Å². The molecule has 1 aromatic carbocycles. The van der Waals surface area contributed by atoms with E-state index in [-0.39, 0.29) is 6.79 Å².